The standard InChI is InChI=1S/C23H38N6O2.HI/c1-3-24-23(27(2)13-8-20-9-18-31-19-10-20)26-12-7-22(30)29-16-14-28(15-17-29)21-6-4-5-11-25-21;/h4-6,11,20H,3,7-10,12-19H2,1-2H3,(H,24,26);1H. The van der Waals surface area contributed by atoms with Crippen molar-refractivity contribution in [3.8, 4) is 0 Å². The summed E-state index contributed by atoms with van der Waals surface area (Å²) in [5.41, 5.74) is 0. The van der Waals surface area contributed by atoms with Crippen LogP contribution in [-0.4, -0.2) is 92.7 Å². The summed E-state index contributed by atoms with van der Waals surface area (Å²) in [5.74, 6) is 2.80. The van der Waals surface area contributed by atoms with Crippen LogP contribution in [0.25, 0.3) is 0 Å². The number of piperazine rings is 1. The van der Waals surface area contributed by atoms with Crippen LogP contribution >= 0.6 is 24.0 Å². The van der Waals surface area contributed by atoms with Gasteiger partial charge in [-0.15, -0.1) is 24.0 Å². The van der Waals surface area contributed by atoms with Crippen LogP contribution in [0.4, 0.5) is 5.82 Å². The number of aromatic nitrogens is 1. The number of amides is 1. The quantitative estimate of drug-likeness (QED) is 0.300. The Morgan fingerprint density at radius 2 is 2.00 bits per heavy atom. The molecule has 3 heterocycles. The molecule has 0 atom stereocenters. The maximum absolute atomic E-state index is 12.7. The highest BCUT2D eigenvalue weighted by atomic mass is 127. The third-order valence-corrected chi connectivity index (χ3v) is 6.10. The highest BCUT2D eigenvalue weighted by Crippen LogP contribution is 2.18. The Kier molecular flexibility index (Phi) is 12.1. The van der Waals surface area contributed by atoms with E-state index in [1.165, 1.54) is 0 Å². The number of anilines is 1. The molecule has 2 saturated heterocycles. The zero-order valence-electron chi connectivity index (χ0n) is 19.5. The Balaban J connectivity index is 0.00000363. The van der Waals surface area contributed by atoms with Crippen molar-refractivity contribution in [2.24, 2.45) is 10.9 Å². The lowest BCUT2D eigenvalue weighted by Crippen LogP contribution is -2.49. The van der Waals surface area contributed by atoms with Crippen LogP contribution in [0.15, 0.2) is 29.4 Å². The number of nitrogens with zero attached hydrogens (tertiary/aromatic N) is 5. The minimum absolute atomic E-state index is 0. The second-order valence-corrected chi connectivity index (χ2v) is 8.31. The van der Waals surface area contributed by atoms with Crippen molar-refractivity contribution in [3.63, 3.8) is 0 Å². The van der Waals surface area contributed by atoms with E-state index < -0.39 is 0 Å². The van der Waals surface area contributed by atoms with Gasteiger partial charge in [0, 0.05) is 72.1 Å². The number of hydrogen-bond donors (Lipinski definition) is 1. The van der Waals surface area contributed by atoms with E-state index >= 15 is 0 Å². The fraction of sp³-hybridized carbons (Fsp3) is 0.696. The smallest absolute Gasteiger partial charge is 0.224 e. The summed E-state index contributed by atoms with van der Waals surface area (Å²) in [6.07, 6.45) is 5.73. The van der Waals surface area contributed by atoms with Crippen molar-refractivity contribution < 1.29 is 9.53 Å². The summed E-state index contributed by atoms with van der Waals surface area (Å²) < 4.78 is 5.46. The summed E-state index contributed by atoms with van der Waals surface area (Å²) in [6, 6.07) is 5.95. The van der Waals surface area contributed by atoms with Crippen molar-refractivity contribution >= 4 is 41.7 Å². The third kappa shape index (κ3) is 8.38. The van der Waals surface area contributed by atoms with Gasteiger partial charge in [-0.25, -0.2) is 4.98 Å². The molecule has 32 heavy (non-hydrogen) atoms. The molecule has 8 nitrogen and oxygen atoms in total. The van der Waals surface area contributed by atoms with E-state index in [-0.39, 0.29) is 29.9 Å². The maximum atomic E-state index is 12.7. The first kappa shape index (κ1) is 26.6. The van der Waals surface area contributed by atoms with Gasteiger partial charge in [0.1, 0.15) is 5.82 Å². The van der Waals surface area contributed by atoms with Gasteiger partial charge in [0.05, 0.1) is 6.54 Å². The molecule has 2 aliphatic heterocycles. The number of ether oxygens (including phenoxy) is 1. The first-order valence-electron chi connectivity index (χ1n) is 11.7. The number of nitrogens with one attached hydrogen (secondary N) is 1. The topological polar surface area (TPSA) is 73.3 Å². The average Bonchev–Trinajstić information content (AvgIpc) is 2.83. The number of halogens is 1. The summed E-state index contributed by atoms with van der Waals surface area (Å²) in [6.45, 7) is 9.30. The van der Waals surface area contributed by atoms with Gasteiger partial charge in [-0.1, -0.05) is 6.07 Å². The number of guanidine groups is 1. The van der Waals surface area contributed by atoms with Crippen LogP contribution in [-0.2, 0) is 9.53 Å². The monoisotopic (exact) mass is 558 g/mol. The molecule has 0 bridgehead atoms. The van der Waals surface area contributed by atoms with Crippen LogP contribution in [0.1, 0.15) is 32.6 Å². The number of rotatable bonds is 8. The number of aliphatic imine (C=N–C) groups is 1. The van der Waals surface area contributed by atoms with E-state index in [1.807, 2.05) is 29.3 Å². The van der Waals surface area contributed by atoms with Gasteiger partial charge >= 0.3 is 0 Å². The molecule has 2 fully saturated rings. The van der Waals surface area contributed by atoms with Crippen molar-refractivity contribution in [2.75, 3.05) is 71.0 Å². The zero-order chi connectivity index (χ0) is 21.9. The third-order valence-electron chi connectivity index (χ3n) is 6.10. The van der Waals surface area contributed by atoms with Crippen molar-refractivity contribution in [2.45, 2.75) is 32.6 Å². The normalized spacial score (nSPS) is 17.6. The number of pyridine rings is 1. The van der Waals surface area contributed by atoms with Crippen LogP contribution in [0.2, 0.25) is 0 Å². The summed E-state index contributed by atoms with van der Waals surface area (Å²) >= 11 is 0. The molecule has 0 saturated carbocycles. The largest absolute Gasteiger partial charge is 0.381 e. The molecule has 2 aliphatic rings. The molecule has 3 rings (SSSR count). The molecular weight excluding hydrogens is 519 g/mol. The van der Waals surface area contributed by atoms with Crippen molar-refractivity contribution in [1.29, 1.82) is 0 Å². The second kappa shape index (κ2) is 14.5. The Labute approximate surface area is 209 Å². The molecular formula is C23H39IN6O2. The van der Waals surface area contributed by atoms with E-state index in [0.29, 0.717) is 13.0 Å². The van der Waals surface area contributed by atoms with Gasteiger partial charge in [-0.2, -0.15) is 0 Å². The molecule has 9 heteroatoms. The number of carbonyl (C=O) groups is 1. The average molecular weight is 559 g/mol. The lowest BCUT2D eigenvalue weighted by molar-refractivity contribution is -0.131. The fourth-order valence-corrected chi connectivity index (χ4v) is 4.13. The zero-order valence-corrected chi connectivity index (χ0v) is 21.9. The van der Waals surface area contributed by atoms with Gasteiger partial charge in [0.2, 0.25) is 5.91 Å². The predicted octanol–water partition coefficient (Wildman–Crippen LogP) is 2.45. The van der Waals surface area contributed by atoms with Crippen LogP contribution in [0.5, 0.6) is 0 Å². The van der Waals surface area contributed by atoms with E-state index in [2.05, 4.69) is 34.1 Å². The minimum Gasteiger partial charge on any atom is -0.381 e. The van der Waals surface area contributed by atoms with Gasteiger partial charge in [-0.05, 0) is 44.2 Å². The molecule has 180 valence electrons. The fourth-order valence-electron chi connectivity index (χ4n) is 4.13. The van der Waals surface area contributed by atoms with Gasteiger partial charge in [0.25, 0.3) is 0 Å². The molecule has 0 aromatic carbocycles. The molecule has 1 aromatic rings. The van der Waals surface area contributed by atoms with E-state index in [0.717, 1.165) is 89.4 Å². The Morgan fingerprint density at radius 3 is 2.66 bits per heavy atom. The van der Waals surface area contributed by atoms with Crippen molar-refractivity contribution in [3.05, 3.63) is 24.4 Å². The summed E-state index contributed by atoms with van der Waals surface area (Å²) in [4.78, 5) is 28.2. The first-order chi connectivity index (χ1) is 15.2. The second-order valence-electron chi connectivity index (χ2n) is 8.31. The SMILES string of the molecule is CCNC(=NCCC(=O)N1CCN(c2ccccn2)CC1)N(C)CCC1CCOCC1.I. The predicted molar refractivity (Wildman–Crippen MR) is 140 cm³/mol. The number of hydrogen-bond acceptors (Lipinski definition) is 5. The van der Waals surface area contributed by atoms with E-state index in [4.69, 9.17) is 9.73 Å². The molecule has 0 radical (unpaired) electrons. The Morgan fingerprint density at radius 1 is 1.25 bits per heavy atom. The first-order valence-corrected chi connectivity index (χ1v) is 11.7. The van der Waals surface area contributed by atoms with Gasteiger partial charge < -0.3 is 24.8 Å². The molecule has 0 spiro atoms. The van der Waals surface area contributed by atoms with E-state index in [9.17, 15) is 4.79 Å². The Hall–Kier alpha value is -1.62. The Bertz CT molecular complexity index is 691. The number of carbonyl (C=O) groups excluding carboxylic acids is 1. The van der Waals surface area contributed by atoms with Crippen LogP contribution < -0.4 is 10.2 Å². The lowest BCUT2D eigenvalue weighted by atomic mass is 9.96. The van der Waals surface area contributed by atoms with Gasteiger partial charge in [0.15, 0.2) is 5.96 Å². The lowest BCUT2D eigenvalue weighted by Gasteiger charge is -2.35. The van der Waals surface area contributed by atoms with Gasteiger partial charge in [-0.3, -0.25) is 9.79 Å². The molecule has 0 unspecified atom stereocenters. The molecule has 1 aromatic heterocycles. The van der Waals surface area contributed by atoms with Crippen molar-refractivity contribution in [1.82, 2.24) is 20.1 Å². The van der Waals surface area contributed by atoms with Crippen LogP contribution in [0, 0.1) is 5.92 Å². The maximum Gasteiger partial charge on any atom is 0.224 e. The summed E-state index contributed by atoms with van der Waals surface area (Å²) in [5, 5.41) is 3.36. The highest BCUT2D eigenvalue weighted by molar-refractivity contribution is 14.0. The molecule has 1 amide bonds. The van der Waals surface area contributed by atoms with E-state index in [1.54, 1.807) is 0 Å². The molecule has 0 aliphatic carbocycles. The summed E-state index contributed by atoms with van der Waals surface area (Å²) in [7, 11) is 2.08. The molecule has 1 N–H and O–H groups in total. The minimum atomic E-state index is 0. The van der Waals surface area contributed by atoms with Crippen LogP contribution in [0.3, 0.4) is 0 Å². The highest BCUT2D eigenvalue weighted by Gasteiger charge is 2.21.